The summed E-state index contributed by atoms with van der Waals surface area (Å²) in [6, 6.07) is -0.815. The Kier molecular flexibility index (Phi) is 8.73. The number of hydrogen-bond donors (Lipinski definition) is 7. The number of ether oxygens (including phenoxy) is 2. The van der Waals surface area contributed by atoms with Gasteiger partial charge in [-0.25, -0.2) is 24.1 Å². The van der Waals surface area contributed by atoms with E-state index < -0.39 is 83.7 Å². The number of rotatable bonds is 10. The first-order valence-electron chi connectivity index (χ1n) is 11.4. The Morgan fingerprint density at radius 1 is 1.05 bits per heavy atom. The number of phosphoric acid groups is 2. The zero-order chi connectivity index (χ0) is 28.7. The minimum Gasteiger partial charge on any atom is -0.388 e. The van der Waals surface area contributed by atoms with E-state index >= 15 is 0 Å². The second-order valence-electron chi connectivity index (χ2n) is 8.84. The molecule has 2 saturated heterocycles. The van der Waals surface area contributed by atoms with Crippen molar-refractivity contribution in [1.29, 1.82) is 0 Å². The molecule has 2 aliphatic rings. The summed E-state index contributed by atoms with van der Waals surface area (Å²) in [7, 11) is -10.5. The van der Waals surface area contributed by atoms with Gasteiger partial charge in [0.15, 0.2) is 17.7 Å². The monoisotopic (exact) mass is 598 g/mol. The molecule has 21 heteroatoms. The molecule has 2 aromatic rings. The molecule has 2 fully saturated rings. The summed E-state index contributed by atoms with van der Waals surface area (Å²) in [6.07, 6.45) is -6.56. The number of aliphatic hydroxyl groups excluding tert-OH is 3. The lowest BCUT2D eigenvalue weighted by Crippen LogP contribution is -2.46. The number of carbonyl (C=O) groups excluding carboxylic acids is 1. The first-order valence-corrected chi connectivity index (χ1v) is 14.4. The Labute approximate surface area is 220 Å². The molecule has 0 aliphatic carbocycles. The third-order valence-corrected chi connectivity index (χ3v) is 8.62. The van der Waals surface area contributed by atoms with Gasteiger partial charge in [-0.2, -0.15) is 4.31 Å². The lowest BCUT2D eigenvalue weighted by atomic mass is 10.1. The molecule has 0 radical (unpaired) electrons. The summed E-state index contributed by atoms with van der Waals surface area (Å²) in [4.78, 5) is 42.9. The van der Waals surface area contributed by atoms with Gasteiger partial charge in [-0.15, -0.1) is 0 Å². The van der Waals surface area contributed by atoms with Crippen molar-refractivity contribution >= 4 is 38.5 Å². The maximum atomic E-state index is 12.3. The standard InChI is InChI=1S/C18H28N6O13P2/c1-7-11(23-8(2)25)13(26)9(35-7)3-33-38(29,30)37-39(31,32)34-4-10-14(27)15(28)18(36-10)24-6-22-12-16(19)20-5-21-17(12)24/h5-7,9-11,13-15,18,26-28H,3-4H2,1-2H3,(H,23,25)(H,29,30)(H,31,32)(H2,19,20,21)/t7?,9-,10-,11?,13+,14?,15?,18-/m1/s1. The average Bonchev–Trinajstić information content (AvgIpc) is 3.47. The zero-order valence-electron chi connectivity index (χ0n) is 20.5. The number of hydrogen-bond acceptors (Lipinski definition) is 15. The smallest absolute Gasteiger partial charge is 0.388 e. The summed E-state index contributed by atoms with van der Waals surface area (Å²) < 4.78 is 50.4. The van der Waals surface area contributed by atoms with E-state index in [0.717, 1.165) is 6.33 Å². The van der Waals surface area contributed by atoms with Crippen LogP contribution in [0.2, 0.25) is 0 Å². The van der Waals surface area contributed by atoms with Crippen molar-refractivity contribution in [2.24, 2.45) is 0 Å². The molecule has 19 nitrogen and oxygen atoms in total. The summed E-state index contributed by atoms with van der Waals surface area (Å²) in [5.41, 5.74) is 6.13. The Morgan fingerprint density at radius 3 is 2.28 bits per heavy atom. The second kappa shape index (κ2) is 11.4. The molecule has 8 N–H and O–H groups in total. The predicted molar refractivity (Wildman–Crippen MR) is 126 cm³/mol. The average molecular weight is 598 g/mol. The topological polar surface area (TPSA) is 280 Å². The number of anilines is 1. The first kappa shape index (κ1) is 29.9. The maximum Gasteiger partial charge on any atom is 0.481 e. The van der Waals surface area contributed by atoms with Crippen molar-refractivity contribution in [1.82, 2.24) is 24.8 Å². The van der Waals surface area contributed by atoms with E-state index in [2.05, 4.69) is 29.1 Å². The largest absolute Gasteiger partial charge is 0.481 e. The number of aliphatic hydroxyl groups is 3. The molecule has 6 unspecified atom stereocenters. The van der Waals surface area contributed by atoms with Crippen LogP contribution in [0.5, 0.6) is 0 Å². The number of nitrogen functional groups attached to an aromatic ring is 1. The molecule has 39 heavy (non-hydrogen) atoms. The van der Waals surface area contributed by atoms with Crippen molar-refractivity contribution in [2.45, 2.75) is 62.7 Å². The number of nitrogens with zero attached hydrogens (tertiary/aromatic N) is 4. The van der Waals surface area contributed by atoms with Crippen LogP contribution in [0.25, 0.3) is 11.2 Å². The van der Waals surface area contributed by atoms with E-state index in [4.69, 9.17) is 19.7 Å². The van der Waals surface area contributed by atoms with Gasteiger partial charge >= 0.3 is 15.6 Å². The molecular formula is C18H28N6O13P2. The van der Waals surface area contributed by atoms with Gasteiger partial charge in [0, 0.05) is 6.92 Å². The summed E-state index contributed by atoms with van der Waals surface area (Å²) >= 11 is 0. The fourth-order valence-corrected chi connectivity index (χ4v) is 6.28. The van der Waals surface area contributed by atoms with Crippen LogP contribution in [0.15, 0.2) is 12.7 Å². The molecule has 2 aliphatic heterocycles. The van der Waals surface area contributed by atoms with E-state index in [9.17, 15) is 39.0 Å². The van der Waals surface area contributed by atoms with E-state index in [-0.39, 0.29) is 17.0 Å². The maximum absolute atomic E-state index is 12.3. The third-order valence-electron chi connectivity index (χ3n) is 6.02. The van der Waals surface area contributed by atoms with E-state index in [1.807, 2.05) is 0 Å². The number of aromatic nitrogens is 4. The van der Waals surface area contributed by atoms with Gasteiger partial charge in [-0.1, -0.05) is 0 Å². The van der Waals surface area contributed by atoms with E-state index in [1.54, 1.807) is 6.92 Å². The normalized spacial score (nSPS) is 34.1. The van der Waals surface area contributed by atoms with Crippen LogP contribution in [-0.2, 0) is 36.8 Å². The highest BCUT2D eigenvalue weighted by Gasteiger charge is 2.47. The molecule has 0 saturated carbocycles. The molecule has 0 spiro atoms. The number of phosphoric ester groups is 2. The molecule has 4 heterocycles. The number of carbonyl (C=O) groups is 1. The van der Waals surface area contributed by atoms with Crippen LogP contribution in [0.1, 0.15) is 20.1 Å². The van der Waals surface area contributed by atoms with Gasteiger partial charge in [-0.05, 0) is 6.92 Å². The summed E-state index contributed by atoms with van der Waals surface area (Å²) in [5.74, 6) is -0.366. The Bertz CT molecular complexity index is 1300. The van der Waals surface area contributed by atoms with Gasteiger partial charge in [0.25, 0.3) is 0 Å². The molecule has 2 aromatic heterocycles. The fraction of sp³-hybridized carbons (Fsp3) is 0.667. The third kappa shape index (κ3) is 6.62. The molecule has 0 bridgehead atoms. The van der Waals surface area contributed by atoms with Crippen molar-refractivity contribution < 1.29 is 61.9 Å². The summed E-state index contributed by atoms with van der Waals surface area (Å²) in [6.45, 7) is 1.19. The highest BCUT2D eigenvalue weighted by atomic mass is 31.3. The Balaban J connectivity index is 1.32. The van der Waals surface area contributed by atoms with Crippen molar-refractivity contribution in [3.63, 3.8) is 0 Å². The van der Waals surface area contributed by atoms with E-state index in [0.29, 0.717) is 0 Å². The predicted octanol–water partition coefficient (Wildman–Crippen LogP) is -2.07. The van der Waals surface area contributed by atoms with Crippen molar-refractivity contribution in [3.05, 3.63) is 12.7 Å². The van der Waals surface area contributed by atoms with Gasteiger partial charge in [-0.3, -0.25) is 18.4 Å². The Hall–Kier alpha value is -2.12. The molecule has 4 rings (SSSR count). The molecule has 218 valence electrons. The summed E-state index contributed by atoms with van der Waals surface area (Å²) in [5, 5.41) is 33.6. The Morgan fingerprint density at radius 2 is 1.67 bits per heavy atom. The van der Waals surface area contributed by atoms with Gasteiger partial charge < -0.3 is 45.6 Å². The zero-order valence-corrected chi connectivity index (χ0v) is 22.2. The highest BCUT2D eigenvalue weighted by molar-refractivity contribution is 7.61. The van der Waals surface area contributed by atoms with Crippen LogP contribution in [-0.4, -0.2) is 106 Å². The van der Waals surface area contributed by atoms with Crippen molar-refractivity contribution in [3.8, 4) is 0 Å². The van der Waals surface area contributed by atoms with Crippen LogP contribution in [0.4, 0.5) is 5.82 Å². The lowest BCUT2D eigenvalue weighted by molar-refractivity contribution is -0.120. The fourth-order valence-electron chi connectivity index (χ4n) is 4.19. The minimum atomic E-state index is -5.29. The first-order chi connectivity index (χ1) is 18.2. The van der Waals surface area contributed by atoms with Crippen LogP contribution in [0, 0.1) is 0 Å². The van der Waals surface area contributed by atoms with Crippen LogP contribution in [0.3, 0.4) is 0 Å². The number of amides is 1. The van der Waals surface area contributed by atoms with Crippen LogP contribution >= 0.6 is 15.6 Å². The quantitative estimate of drug-likeness (QED) is 0.145. The lowest BCUT2D eigenvalue weighted by Gasteiger charge is -2.21. The van der Waals surface area contributed by atoms with Crippen molar-refractivity contribution in [2.75, 3.05) is 18.9 Å². The van der Waals surface area contributed by atoms with Crippen LogP contribution < -0.4 is 11.1 Å². The SMILES string of the molecule is CC(=O)NC1C(C)O[C@H](COP(=O)(O)OP(=O)(O)OC[C@H]2O[C@@H](n3cnc4c(N)ncnc43)C(O)C2O)[C@@H]1O. The second-order valence-corrected chi connectivity index (χ2v) is 11.9. The molecular weight excluding hydrogens is 570 g/mol. The molecule has 0 aromatic carbocycles. The number of imidazole rings is 1. The molecule has 10 atom stereocenters. The highest BCUT2D eigenvalue weighted by Crippen LogP contribution is 2.60. The minimum absolute atomic E-state index is 0.0664. The number of nitrogens with one attached hydrogen (secondary N) is 1. The van der Waals surface area contributed by atoms with E-state index in [1.165, 1.54) is 17.8 Å². The van der Waals surface area contributed by atoms with Gasteiger partial charge in [0.05, 0.1) is 31.7 Å². The molecule has 1 amide bonds. The number of fused-ring (bicyclic) bond motifs is 1. The van der Waals surface area contributed by atoms with Gasteiger partial charge in [0.1, 0.15) is 42.4 Å². The number of nitrogens with two attached hydrogens (primary N) is 1. The van der Waals surface area contributed by atoms with Gasteiger partial charge in [0.2, 0.25) is 5.91 Å².